The summed E-state index contributed by atoms with van der Waals surface area (Å²) in [7, 11) is 0. The number of rotatable bonds is 10. The number of aromatic nitrogens is 3. The summed E-state index contributed by atoms with van der Waals surface area (Å²) in [5.41, 5.74) is -0.743. The number of hydrogen-bond donors (Lipinski definition) is 1. The molecule has 0 aliphatic heterocycles. The largest absolute Gasteiger partial charge is 0.489 e. The van der Waals surface area contributed by atoms with Gasteiger partial charge in [0.1, 0.15) is 17.9 Å². The molecule has 0 fully saturated rings. The summed E-state index contributed by atoms with van der Waals surface area (Å²) in [6.45, 7) is 0.0821. The van der Waals surface area contributed by atoms with Gasteiger partial charge in [-0.2, -0.15) is 13.2 Å². The Morgan fingerprint density at radius 2 is 1.79 bits per heavy atom. The number of alkyl halides is 3. The molecule has 0 spiro atoms. The van der Waals surface area contributed by atoms with E-state index in [-0.39, 0.29) is 36.9 Å². The maximum Gasteiger partial charge on any atom is 0.416 e. The summed E-state index contributed by atoms with van der Waals surface area (Å²) in [6, 6.07) is 15.9. The number of carbonyl (C=O) groups excluding carboxylic acids is 1. The van der Waals surface area contributed by atoms with Gasteiger partial charge < -0.3 is 9.84 Å². The zero-order chi connectivity index (χ0) is 28.2. The van der Waals surface area contributed by atoms with Crippen LogP contribution in [-0.4, -0.2) is 31.9 Å². The van der Waals surface area contributed by atoms with Gasteiger partial charge in [-0.3, -0.25) is 14.4 Å². The number of aliphatic carboxylic acids is 1. The minimum absolute atomic E-state index is 0.0846. The molecule has 12 heteroatoms. The molecule has 8 nitrogen and oxygen atoms in total. The van der Waals surface area contributed by atoms with Gasteiger partial charge >= 0.3 is 12.1 Å². The van der Waals surface area contributed by atoms with Crippen LogP contribution in [0.2, 0.25) is 5.02 Å². The molecule has 3 aromatic carbocycles. The lowest BCUT2D eigenvalue weighted by molar-refractivity contribution is -0.142. The predicted molar refractivity (Wildman–Crippen MR) is 136 cm³/mol. The van der Waals surface area contributed by atoms with Crippen molar-refractivity contribution in [1.82, 2.24) is 15.0 Å². The molecule has 0 saturated heterocycles. The number of carbonyl (C=O) groups is 2. The van der Waals surface area contributed by atoms with E-state index in [1.807, 2.05) is 6.07 Å². The highest BCUT2D eigenvalue weighted by molar-refractivity contribution is 6.30. The molecule has 39 heavy (non-hydrogen) atoms. The van der Waals surface area contributed by atoms with Crippen LogP contribution in [0.1, 0.15) is 34.3 Å². The number of nitrogens with zero attached hydrogens (tertiary/aromatic N) is 3. The van der Waals surface area contributed by atoms with E-state index in [0.29, 0.717) is 16.3 Å². The van der Waals surface area contributed by atoms with Crippen molar-refractivity contribution in [3.63, 3.8) is 0 Å². The van der Waals surface area contributed by atoms with Gasteiger partial charge in [-0.1, -0.05) is 28.9 Å². The van der Waals surface area contributed by atoms with Gasteiger partial charge in [0.2, 0.25) is 0 Å². The normalized spacial score (nSPS) is 12.3. The molecule has 0 aliphatic rings. The molecule has 0 radical (unpaired) electrons. The molecular weight excluding hydrogens is 539 g/mol. The average Bonchev–Trinajstić information content (AvgIpc) is 2.90. The van der Waals surface area contributed by atoms with E-state index in [9.17, 15) is 32.7 Å². The predicted octanol–water partition coefficient (Wildman–Crippen LogP) is 5.41. The molecule has 0 bridgehead atoms. The lowest BCUT2D eigenvalue weighted by Gasteiger charge is -2.13. The molecule has 202 valence electrons. The van der Waals surface area contributed by atoms with Crippen molar-refractivity contribution in [2.24, 2.45) is 5.92 Å². The van der Waals surface area contributed by atoms with Crippen LogP contribution in [0.5, 0.6) is 5.75 Å². The van der Waals surface area contributed by atoms with Gasteiger partial charge in [0.05, 0.1) is 16.9 Å². The van der Waals surface area contributed by atoms with Crippen LogP contribution in [0.4, 0.5) is 13.2 Å². The van der Waals surface area contributed by atoms with Gasteiger partial charge in [0, 0.05) is 23.6 Å². The monoisotopic (exact) mass is 559 g/mol. The van der Waals surface area contributed by atoms with Gasteiger partial charge in [-0.15, -0.1) is 5.10 Å². The van der Waals surface area contributed by atoms with Crippen LogP contribution >= 0.6 is 11.6 Å². The van der Waals surface area contributed by atoms with E-state index in [0.717, 1.165) is 28.4 Å². The van der Waals surface area contributed by atoms with Crippen LogP contribution in [-0.2, 0) is 24.1 Å². The number of carboxylic acids is 1. The van der Waals surface area contributed by atoms with E-state index in [1.165, 1.54) is 12.1 Å². The summed E-state index contributed by atoms with van der Waals surface area (Å²) < 4.78 is 45.3. The van der Waals surface area contributed by atoms with Gasteiger partial charge in [0.25, 0.3) is 5.56 Å². The number of Topliss-reactive ketones (excluding diaryl/α,β-unsaturated/α-hetero) is 1. The molecule has 0 aliphatic carbocycles. The first-order chi connectivity index (χ1) is 18.5. The van der Waals surface area contributed by atoms with Gasteiger partial charge in [-0.05, 0) is 66.6 Å². The Balaban J connectivity index is 1.38. The van der Waals surface area contributed by atoms with Gasteiger partial charge in [-0.25, -0.2) is 4.68 Å². The maximum atomic E-state index is 12.9. The van der Waals surface area contributed by atoms with Crippen molar-refractivity contribution in [2.75, 3.05) is 0 Å². The number of fused-ring (bicyclic) bond motifs is 1. The summed E-state index contributed by atoms with van der Waals surface area (Å²) in [4.78, 5) is 37.2. The minimum Gasteiger partial charge on any atom is -0.489 e. The Morgan fingerprint density at radius 1 is 1.05 bits per heavy atom. The summed E-state index contributed by atoms with van der Waals surface area (Å²) in [5.74, 6) is -2.27. The Morgan fingerprint density at radius 3 is 2.46 bits per heavy atom. The maximum absolute atomic E-state index is 12.9. The number of aryl methyl sites for hydroxylation is 1. The van der Waals surface area contributed by atoms with E-state index < -0.39 is 35.0 Å². The molecule has 4 aromatic rings. The highest BCUT2D eigenvalue weighted by Crippen LogP contribution is 2.30. The lowest BCUT2D eigenvalue weighted by atomic mass is 9.95. The van der Waals surface area contributed by atoms with E-state index in [1.54, 1.807) is 30.3 Å². The first-order valence-corrected chi connectivity index (χ1v) is 12.1. The van der Waals surface area contributed by atoms with Crippen LogP contribution in [0.25, 0.3) is 10.9 Å². The zero-order valence-corrected chi connectivity index (χ0v) is 20.9. The van der Waals surface area contributed by atoms with Crippen molar-refractivity contribution in [3.05, 3.63) is 98.8 Å². The first kappa shape index (κ1) is 27.8. The smallest absolute Gasteiger partial charge is 0.416 e. The second kappa shape index (κ2) is 11.6. The second-order valence-electron chi connectivity index (χ2n) is 8.74. The summed E-state index contributed by atoms with van der Waals surface area (Å²) in [5, 5.41) is 17.4. The Hall–Kier alpha value is -4.25. The van der Waals surface area contributed by atoms with Crippen molar-refractivity contribution >= 4 is 34.3 Å². The second-order valence-corrected chi connectivity index (χ2v) is 9.18. The molecule has 1 aromatic heterocycles. The molecule has 0 amide bonds. The highest BCUT2D eigenvalue weighted by atomic mass is 35.5. The fourth-order valence-corrected chi connectivity index (χ4v) is 4.08. The first-order valence-electron chi connectivity index (χ1n) is 11.7. The third kappa shape index (κ3) is 6.99. The average molecular weight is 560 g/mol. The fraction of sp³-hybridized carbons (Fsp3) is 0.222. The third-order valence-corrected chi connectivity index (χ3v) is 6.23. The number of benzene rings is 3. The quantitative estimate of drug-likeness (QED) is 0.259. The number of hydrogen-bond acceptors (Lipinski definition) is 6. The molecule has 1 atom stereocenters. The Labute approximate surface area is 224 Å². The van der Waals surface area contributed by atoms with Crippen molar-refractivity contribution < 1.29 is 32.6 Å². The number of carboxylic acid groups (broad SMARTS) is 1. The van der Waals surface area contributed by atoms with Crippen molar-refractivity contribution in [3.8, 4) is 5.75 Å². The SMILES string of the molecule is O=C(CC(CCn1nnc2cc(C(F)(F)F)ccc2c1=O)C(=O)O)c1ccc(OCc2cccc(Cl)c2)cc1. The number of ether oxygens (including phenoxy) is 1. The molecule has 0 saturated carbocycles. The van der Waals surface area contributed by atoms with Crippen molar-refractivity contribution in [1.29, 1.82) is 0 Å². The molecular formula is C27H21ClF3N3O5. The fourth-order valence-electron chi connectivity index (χ4n) is 3.86. The summed E-state index contributed by atoms with van der Waals surface area (Å²) in [6.07, 6.45) is -5.05. The molecule has 1 heterocycles. The van der Waals surface area contributed by atoms with Crippen LogP contribution in [0.15, 0.2) is 71.5 Å². The molecule has 1 N–H and O–H groups in total. The van der Waals surface area contributed by atoms with Crippen LogP contribution in [0, 0.1) is 5.92 Å². The van der Waals surface area contributed by atoms with E-state index >= 15 is 0 Å². The Bertz CT molecular complexity index is 1570. The van der Waals surface area contributed by atoms with Crippen LogP contribution in [0.3, 0.4) is 0 Å². The van der Waals surface area contributed by atoms with Crippen molar-refractivity contribution in [2.45, 2.75) is 32.2 Å². The standard InChI is InChI=1S/C27H21ClF3N3O5/c28-20-3-1-2-16(12-20)15-39-21-7-4-17(5-8-21)24(35)13-18(26(37)38)10-11-34-25(36)22-9-6-19(27(29,30)31)14-23(22)32-33-34/h1-9,12,14,18H,10-11,13,15H2,(H,37,38). The number of halogens is 4. The van der Waals surface area contributed by atoms with Crippen LogP contribution < -0.4 is 10.3 Å². The summed E-state index contributed by atoms with van der Waals surface area (Å²) >= 11 is 5.96. The highest BCUT2D eigenvalue weighted by Gasteiger charge is 2.31. The minimum atomic E-state index is -4.60. The Kier molecular flexibility index (Phi) is 8.29. The lowest BCUT2D eigenvalue weighted by Crippen LogP contribution is -2.27. The number of ketones is 1. The van der Waals surface area contributed by atoms with E-state index in [2.05, 4.69) is 10.3 Å². The van der Waals surface area contributed by atoms with E-state index in [4.69, 9.17) is 16.3 Å². The zero-order valence-electron chi connectivity index (χ0n) is 20.2. The third-order valence-electron chi connectivity index (χ3n) is 5.99. The molecule has 1 unspecified atom stereocenters. The molecule has 4 rings (SSSR count). The topological polar surface area (TPSA) is 111 Å². The van der Waals surface area contributed by atoms with Gasteiger partial charge in [0.15, 0.2) is 5.78 Å².